The van der Waals surface area contributed by atoms with Crippen molar-refractivity contribution in [2.45, 2.75) is 31.4 Å². The Morgan fingerprint density at radius 3 is 2.07 bits per heavy atom. The molecule has 0 aromatic heterocycles. The van der Waals surface area contributed by atoms with E-state index >= 15 is 0 Å². The SMILES string of the molecule is Cc1ccc(C2N(Cc3ccccc3)C(=S)SC2(O)c2ccc(C)cc2)cc1. The average Bonchev–Trinajstić information content (AvgIpc) is 2.95. The van der Waals surface area contributed by atoms with Crippen LogP contribution < -0.4 is 0 Å². The number of benzene rings is 3. The van der Waals surface area contributed by atoms with E-state index in [1.807, 2.05) is 42.5 Å². The molecule has 1 saturated heterocycles. The molecule has 4 rings (SSSR count). The molecule has 3 aromatic rings. The molecule has 1 aliphatic rings. The second-order valence-corrected chi connectivity index (χ2v) is 9.22. The molecule has 2 nitrogen and oxygen atoms in total. The number of thiocarbonyl (C=S) groups is 1. The van der Waals surface area contributed by atoms with E-state index in [2.05, 4.69) is 55.1 Å². The van der Waals surface area contributed by atoms with Crippen LogP contribution in [0.5, 0.6) is 0 Å². The molecule has 2 unspecified atom stereocenters. The lowest BCUT2D eigenvalue weighted by Crippen LogP contribution is -2.35. The molecule has 0 bridgehead atoms. The molecule has 0 spiro atoms. The zero-order chi connectivity index (χ0) is 19.7. The summed E-state index contributed by atoms with van der Waals surface area (Å²) in [4.78, 5) is 1.02. The van der Waals surface area contributed by atoms with E-state index in [4.69, 9.17) is 12.2 Å². The maximum atomic E-state index is 11.9. The summed E-state index contributed by atoms with van der Waals surface area (Å²) < 4.78 is 0.720. The zero-order valence-corrected chi connectivity index (χ0v) is 17.6. The Morgan fingerprint density at radius 1 is 0.893 bits per heavy atom. The van der Waals surface area contributed by atoms with E-state index in [1.54, 1.807) is 0 Å². The lowest BCUT2D eigenvalue weighted by molar-refractivity contribution is 0.0591. The van der Waals surface area contributed by atoms with Gasteiger partial charge in [-0.25, -0.2) is 0 Å². The van der Waals surface area contributed by atoms with Crippen LogP contribution in [0.2, 0.25) is 0 Å². The lowest BCUT2D eigenvalue weighted by Gasteiger charge is -2.34. The van der Waals surface area contributed by atoms with Crippen LogP contribution in [0.25, 0.3) is 0 Å². The molecule has 0 saturated carbocycles. The molecule has 142 valence electrons. The van der Waals surface area contributed by atoms with Crippen LogP contribution in [0.15, 0.2) is 78.9 Å². The molecule has 1 fully saturated rings. The largest absolute Gasteiger partial charge is 0.372 e. The smallest absolute Gasteiger partial charge is 0.167 e. The first-order valence-corrected chi connectivity index (χ1v) is 10.6. The quantitative estimate of drug-likeness (QED) is 0.561. The van der Waals surface area contributed by atoms with E-state index < -0.39 is 4.93 Å². The standard InChI is InChI=1S/C24H23NOS2/c1-17-8-12-20(13-9-17)22-24(26,21-14-10-18(2)11-15-21)28-23(27)25(22)16-19-6-4-3-5-7-19/h3-15,22,26H,16H2,1-2H3. The minimum atomic E-state index is -1.13. The average molecular weight is 406 g/mol. The molecule has 4 heteroatoms. The van der Waals surface area contributed by atoms with Gasteiger partial charge in [-0.3, -0.25) is 0 Å². The number of nitrogens with zero attached hydrogens (tertiary/aromatic N) is 1. The Bertz CT molecular complexity index is 970. The summed E-state index contributed by atoms with van der Waals surface area (Å²) in [6.07, 6.45) is 0. The number of hydrogen-bond acceptors (Lipinski definition) is 3. The first kappa shape index (κ1) is 19.2. The maximum absolute atomic E-state index is 11.9. The first-order valence-electron chi connectivity index (χ1n) is 9.37. The van der Waals surface area contributed by atoms with Crippen molar-refractivity contribution in [3.8, 4) is 0 Å². The van der Waals surface area contributed by atoms with Gasteiger partial charge in [0, 0.05) is 6.54 Å². The van der Waals surface area contributed by atoms with Crippen LogP contribution in [-0.2, 0) is 11.5 Å². The molecule has 3 aromatic carbocycles. The van der Waals surface area contributed by atoms with Crippen molar-refractivity contribution in [2.75, 3.05) is 0 Å². The van der Waals surface area contributed by atoms with Gasteiger partial charge >= 0.3 is 0 Å². The summed E-state index contributed by atoms with van der Waals surface area (Å²) in [6.45, 7) is 4.80. The van der Waals surface area contributed by atoms with Crippen molar-refractivity contribution in [1.29, 1.82) is 0 Å². The Kier molecular flexibility index (Phi) is 5.28. The van der Waals surface area contributed by atoms with Crippen molar-refractivity contribution in [2.24, 2.45) is 0 Å². The van der Waals surface area contributed by atoms with Gasteiger partial charge in [0.05, 0.1) is 6.04 Å². The van der Waals surface area contributed by atoms with Crippen molar-refractivity contribution in [1.82, 2.24) is 4.90 Å². The predicted molar refractivity (Wildman–Crippen MR) is 121 cm³/mol. The van der Waals surface area contributed by atoms with Crippen molar-refractivity contribution < 1.29 is 5.11 Å². The summed E-state index contributed by atoms with van der Waals surface area (Å²) in [5.74, 6) is 0. The Labute approximate surface area is 176 Å². The predicted octanol–water partition coefficient (Wildman–Crippen LogP) is 5.72. The van der Waals surface area contributed by atoms with Gasteiger partial charge < -0.3 is 10.0 Å². The van der Waals surface area contributed by atoms with Crippen LogP contribution >= 0.6 is 24.0 Å². The monoisotopic (exact) mass is 405 g/mol. The van der Waals surface area contributed by atoms with Crippen molar-refractivity contribution in [3.63, 3.8) is 0 Å². The highest BCUT2D eigenvalue weighted by Crippen LogP contribution is 2.55. The molecule has 2 atom stereocenters. The third kappa shape index (κ3) is 3.60. The third-order valence-electron chi connectivity index (χ3n) is 5.21. The van der Waals surface area contributed by atoms with Crippen LogP contribution in [0.4, 0.5) is 0 Å². The molecule has 28 heavy (non-hydrogen) atoms. The summed E-state index contributed by atoms with van der Waals surface area (Å²) in [5, 5.41) is 11.9. The highest BCUT2D eigenvalue weighted by molar-refractivity contribution is 8.23. The van der Waals surface area contributed by atoms with E-state index in [0.29, 0.717) is 6.54 Å². The molecule has 1 aliphatic heterocycles. The number of thioether (sulfide) groups is 1. The Balaban J connectivity index is 1.80. The Hall–Kier alpha value is -2.14. The Morgan fingerprint density at radius 2 is 1.46 bits per heavy atom. The summed E-state index contributed by atoms with van der Waals surface area (Å²) in [6, 6.07) is 26.5. The van der Waals surface area contributed by atoms with E-state index in [0.717, 1.165) is 15.4 Å². The summed E-state index contributed by atoms with van der Waals surface area (Å²) in [7, 11) is 0. The first-order chi connectivity index (χ1) is 13.5. The van der Waals surface area contributed by atoms with E-state index in [9.17, 15) is 5.11 Å². The fraction of sp³-hybridized carbons (Fsp3) is 0.208. The summed E-state index contributed by atoms with van der Waals surface area (Å²) in [5.41, 5.74) is 5.50. The second-order valence-electron chi connectivity index (χ2n) is 7.36. The van der Waals surface area contributed by atoms with Crippen molar-refractivity contribution >= 4 is 28.3 Å². The highest BCUT2D eigenvalue weighted by atomic mass is 32.2. The normalized spacial score (nSPS) is 21.9. The van der Waals surface area contributed by atoms with Crippen LogP contribution in [0.3, 0.4) is 0 Å². The van der Waals surface area contributed by atoms with Crippen LogP contribution in [0, 0.1) is 13.8 Å². The molecule has 1 heterocycles. The van der Waals surface area contributed by atoms with Crippen LogP contribution in [-0.4, -0.2) is 14.3 Å². The van der Waals surface area contributed by atoms with Gasteiger partial charge in [-0.2, -0.15) is 0 Å². The molecule has 0 amide bonds. The third-order valence-corrected chi connectivity index (χ3v) is 6.88. The maximum Gasteiger partial charge on any atom is 0.167 e. The number of aliphatic hydroxyl groups is 1. The number of aryl methyl sites for hydroxylation is 2. The molecule has 0 radical (unpaired) electrons. The highest BCUT2D eigenvalue weighted by Gasteiger charge is 2.51. The zero-order valence-electron chi connectivity index (χ0n) is 16.0. The van der Waals surface area contributed by atoms with Gasteiger partial charge in [0.1, 0.15) is 4.32 Å². The second kappa shape index (κ2) is 7.70. The number of rotatable bonds is 4. The van der Waals surface area contributed by atoms with E-state index in [1.165, 1.54) is 28.5 Å². The van der Waals surface area contributed by atoms with Gasteiger partial charge in [-0.05, 0) is 30.5 Å². The van der Waals surface area contributed by atoms with Gasteiger partial charge in [-0.15, -0.1) is 0 Å². The molecular weight excluding hydrogens is 382 g/mol. The van der Waals surface area contributed by atoms with Crippen LogP contribution in [0.1, 0.15) is 33.9 Å². The number of hydrogen-bond donors (Lipinski definition) is 1. The van der Waals surface area contributed by atoms with Gasteiger partial charge in [-0.1, -0.05) is 114 Å². The van der Waals surface area contributed by atoms with Gasteiger partial charge in [0.15, 0.2) is 4.93 Å². The fourth-order valence-electron chi connectivity index (χ4n) is 3.66. The lowest BCUT2D eigenvalue weighted by atomic mass is 9.92. The molecule has 0 aliphatic carbocycles. The minimum Gasteiger partial charge on any atom is -0.372 e. The fourth-order valence-corrected chi connectivity index (χ4v) is 5.40. The topological polar surface area (TPSA) is 23.5 Å². The van der Waals surface area contributed by atoms with E-state index in [-0.39, 0.29) is 6.04 Å². The molecular formula is C24H23NOS2. The summed E-state index contributed by atoms with van der Waals surface area (Å²) >= 11 is 7.12. The van der Waals surface area contributed by atoms with Gasteiger partial charge in [0.2, 0.25) is 0 Å². The van der Waals surface area contributed by atoms with Crippen molar-refractivity contribution in [3.05, 3.63) is 107 Å². The minimum absolute atomic E-state index is 0.256. The van der Waals surface area contributed by atoms with Gasteiger partial charge in [0.25, 0.3) is 0 Å². The molecule has 1 N–H and O–H groups in total.